The average molecular weight is 557 g/mol. The third-order valence-electron chi connectivity index (χ3n) is 6.22. The molecule has 2 aliphatic rings. The largest absolute Gasteiger partial charge is 0.496 e. The van der Waals surface area contributed by atoms with Gasteiger partial charge in [-0.25, -0.2) is 8.42 Å². The van der Waals surface area contributed by atoms with E-state index in [1.807, 2.05) is 49.4 Å². The van der Waals surface area contributed by atoms with E-state index in [9.17, 15) is 13.2 Å². The smallest absolute Gasteiger partial charge is 0.252 e. The van der Waals surface area contributed by atoms with Gasteiger partial charge in [0.1, 0.15) is 11.5 Å². The summed E-state index contributed by atoms with van der Waals surface area (Å²) < 4.78 is 36.6. The van der Waals surface area contributed by atoms with E-state index in [-0.39, 0.29) is 29.1 Å². The molecule has 3 aromatic rings. The first-order valence-electron chi connectivity index (χ1n) is 11.7. The molecular weight excluding hydrogens is 532 g/mol. The summed E-state index contributed by atoms with van der Waals surface area (Å²) in [6.07, 6.45) is 0.0533. The number of benzene rings is 3. The summed E-state index contributed by atoms with van der Waals surface area (Å²) >= 11 is 7.69. The van der Waals surface area contributed by atoms with Gasteiger partial charge in [0, 0.05) is 15.8 Å². The first kappa shape index (κ1) is 25.6. The highest BCUT2D eigenvalue weighted by Crippen LogP contribution is 2.45. The minimum atomic E-state index is -3.24. The van der Waals surface area contributed by atoms with Gasteiger partial charge >= 0.3 is 0 Å². The Hall–Kier alpha value is -3.01. The number of thioether (sulfide) groups is 1. The van der Waals surface area contributed by atoms with Crippen LogP contribution in [0.25, 0.3) is 0 Å². The Bertz CT molecular complexity index is 1490. The summed E-state index contributed by atoms with van der Waals surface area (Å²) in [4.78, 5) is 19.3. The second-order valence-electron chi connectivity index (χ2n) is 8.98. The van der Waals surface area contributed by atoms with Crippen LogP contribution in [0.1, 0.15) is 11.1 Å². The molecule has 2 saturated heterocycles. The molecule has 2 aliphatic heterocycles. The number of amides is 1. The molecule has 0 bridgehead atoms. The molecule has 10 heteroatoms. The van der Waals surface area contributed by atoms with Crippen LogP contribution in [0.15, 0.2) is 71.7 Å². The van der Waals surface area contributed by atoms with Crippen LogP contribution >= 0.6 is 23.4 Å². The van der Waals surface area contributed by atoms with Crippen molar-refractivity contribution >= 4 is 50.0 Å². The number of aryl methyl sites for hydroxylation is 1. The lowest BCUT2D eigenvalue weighted by molar-refractivity contribution is -0.117. The first-order valence-corrected chi connectivity index (χ1v) is 14.7. The lowest BCUT2D eigenvalue weighted by Crippen LogP contribution is -2.38. The molecule has 2 heterocycles. The van der Waals surface area contributed by atoms with Crippen LogP contribution in [-0.4, -0.2) is 49.4 Å². The number of aliphatic imine (C=N–C) groups is 1. The highest BCUT2D eigenvalue weighted by molar-refractivity contribution is 8.16. The van der Waals surface area contributed by atoms with E-state index >= 15 is 0 Å². The number of sulfone groups is 1. The summed E-state index contributed by atoms with van der Waals surface area (Å²) in [7, 11) is -1.68. The number of nitrogens with zero attached hydrogens (tertiary/aromatic N) is 2. The number of amidine groups is 1. The van der Waals surface area contributed by atoms with Gasteiger partial charge in [-0.2, -0.15) is 4.99 Å². The topological polar surface area (TPSA) is 85.3 Å². The van der Waals surface area contributed by atoms with Crippen molar-refractivity contribution in [3.05, 3.63) is 82.9 Å². The van der Waals surface area contributed by atoms with Crippen LogP contribution in [0.4, 0.5) is 5.69 Å². The molecular formula is C27H25ClN2O5S2. The fraction of sp³-hybridized carbons (Fsp3) is 0.259. The van der Waals surface area contributed by atoms with Crippen molar-refractivity contribution in [2.45, 2.75) is 24.6 Å². The molecule has 0 aromatic heterocycles. The molecule has 0 spiro atoms. The molecule has 0 aliphatic carbocycles. The Morgan fingerprint density at radius 2 is 1.89 bits per heavy atom. The second-order valence-corrected chi connectivity index (χ2v) is 12.8. The maximum absolute atomic E-state index is 13.1. The summed E-state index contributed by atoms with van der Waals surface area (Å²) in [5, 5.41) is 0.635. The summed E-state index contributed by atoms with van der Waals surface area (Å²) in [5.74, 6) is 1.36. The number of rotatable bonds is 6. The number of carbonyl (C=O) groups excluding carboxylic acids is 1. The minimum Gasteiger partial charge on any atom is -0.496 e. The van der Waals surface area contributed by atoms with Gasteiger partial charge in [-0.05, 0) is 48.9 Å². The van der Waals surface area contributed by atoms with E-state index in [1.165, 1.54) is 11.8 Å². The molecule has 37 heavy (non-hydrogen) atoms. The Kier molecular flexibility index (Phi) is 7.20. The maximum Gasteiger partial charge on any atom is 0.252 e. The van der Waals surface area contributed by atoms with Gasteiger partial charge in [0.15, 0.2) is 20.8 Å². The number of para-hydroxylation sites is 1. The van der Waals surface area contributed by atoms with Crippen molar-refractivity contribution in [2.75, 3.05) is 23.5 Å². The zero-order valence-corrected chi connectivity index (χ0v) is 22.6. The van der Waals surface area contributed by atoms with E-state index in [2.05, 4.69) is 4.99 Å². The summed E-state index contributed by atoms with van der Waals surface area (Å²) in [6.45, 7) is 1.97. The van der Waals surface area contributed by atoms with Crippen LogP contribution in [-0.2, 0) is 21.1 Å². The van der Waals surface area contributed by atoms with Gasteiger partial charge in [-0.3, -0.25) is 4.79 Å². The van der Waals surface area contributed by atoms with Crippen LogP contribution in [0, 0.1) is 6.92 Å². The van der Waals surface area contributed by atoms with Gasteiger partial charge < -0.3 is 14.4 Å². The summed E-state index contributed by atoms with van der Waals surface area (Å²) in [6, 6.07) is 19.7. The van der Waals surface area contributed by atoms with Crippen molar-refractivity contribution < 1.29 is 22.7 Å². The SMILES string of the molecule is COc1ccccc1CC(=O)N=C1S[C@@H]2CS(=O)(=O)C[C@H]2N1c1cc(Cl)ccc1Oc1cccc(C)c1. The monoisotopic (exact) mass is 556 g/mol. The van der Waals surface area contributed by atoms with Crippen molar-refractivity contribution in [1.29, 1.82) is 0 Å². The molecule has 1 amide bonds. The maximum atomic E-state index is 13.1. The quantitative estimate of drug-likeness (QED) is 0.407. The van der Waals surface area contributed by atoms with Crippen LogP contribution < -0.4 is 14.4 Å². The predicted octanol–water partition coefficient (Wildman–Crippen LogP) is 5.29. The summed E-state index contributed by atoms with van der Waals surface area (Å²) in [5.41, 5.74) is 2.33. The van der Waals surface area contributed by atoms with Gasteiger partial charge in [0.2, 0.25) is 0 Å². The number of ether oxygens (including phenoxy) is 2. The van der Waals surface area contributed by atoms with Crippen LogP contribution in [0.3, 0.4) is 0 Å². The normalized spacial score (nSPS) is 21.2. The molecule has 0 saturated carbocycles. The Morgan fingerprint density at radius 1 is 1.08 bits per heavy atom. The fourth-order valence-electron chi connectivity index (χ4n) is 4.58. The predicted molar refractivity (Wildman–Crippen MR) is 148 cm³/mol. The Morgan fingerprint density at radius 3 is 2.68 bits per heavy atom. The molecule has 3 aromatic carbocycles. The third kappa shape index (κ3) is 5.63. The number of carbonyl (C=O) groups is 1. The van der Waals surface area contributed by atoms with Crippen molar-refractivity contribution in [3.8, 4) is 17.2 Å². The molecule has 7 nitrogen and oxygen atoms in total. The standard InChI is InChI=1S/C27H25ClN2O5S2/c1-17-6-5-8-20(12-17)35-24-11-10-19(28)14-21(24)30-22-15-37(32,33)16-25(22)36-27(30)29-26(31)13-18-7-3-4-9-23(18)34-2/h3-12,14,22,25H,13,15-16H2,1-2H3/t22-,25-/m1/s1. The number of hydrogen-bond donors (Lipinski definition) is 0. The second kappa shape index (κ2) is 10.4. The zero-order chi connectivity index (χ0) is 26.2. The average Bonchev–Trinajstić information content (AvgIpc) is 3.31. The van der Waals surface area contributed by atoms with E-state index in [0.29, 0.717) is 33.1 Å². The van der Waals surface area contributed by atoms with Gasteiger partial charge in [0.05, 0.1) is 36.8 Å². The zero-order valence-electron chi connectivity index (χ0n) is 20.3. The number of methoxy groups -OCH3 is 1. The van der Waals surface area contributed by atoms with Gasteiger partial charge in [-0.1, -0.05) is 53.7 Å². The molecule has 5 rings (SSSR count). The first-order chi connectivity index (χ1) is 17.7. The Labute approximate surface area is 225 Å². The molecule has 0 radical (unpaired) electrons. The number of hydrogen-bond acceptors (Lipinski definition) is 6. The molecule has 2 atom stereocenters. The van der Waals surface area contributed by atoms with E-state index in [0.717, 1.165) is 11.1 Å². The van der Waals surface area contributed by atoms with Crippen LogP contribution in [0.5, 0.6) is 17.2 Å². The van der Waals surface area contributed by atoms with E-state index in [4.69, 9.17) is 21.1 Å². The lowest BCUT2D eigenvalue weighted by Gasteiger charge is -2.27. The van der Waals surface area contributed by atoms with Crippen molar-refractivity contribution in [1.82, 2.24) is 0 Å². The fourth-order valence-corrected chi connectivity index (χ4v) is 8.67. The highest BCUT2D eigenvalue weighted by atomic mass is 35.5. The van der Waals surface area contributed by atoms with E-state index in [1.54, 1.807) is 36.3 Å². The van der Waals surface area contributed by atoms with Crippen LogP contribution in [0.2, 0.25) is 5.02 Å². The Balaban J connectivity index is 1.53. The van der Waals surface area contributed by atoms with Gasteiger partial charge in [0.25, 0.3) is 5.91 Å². The van der Waals surface area contributed by atoms with Crippen molar-refractivity contribution in [2.24, 2.45) is 4.99 Å². The number of anilines is 1. The van der Waals surface area contributed by atoms with Gasteiger partial charge in [-0.15, -0.1) is 0 Å². The lowest BCUT2D eigenvalue weighted by atomic mass is 10.1. The molecule has 192 valence electrons. The molecule has 0 N–H and O–H groups in total. The third-order valence-corrected chi connectivity index (χ3v) is 9.66. The number of halogens is 1. The van der Waals surface area contributed by atoms with Crippen molar-refractivity contribution in [3.63, 3.8) is 0 Å². The highest BCUT2D eigenvalue weighted by Gasteiger charge is 2.50. The molecule has 2 fully saturated rings. The minimum absolute atomic E-state index is 0.0210. The number of fused-ring (bicyclic) bond motifs is 1. The molecule has 0 unspecified atom stereocenters. The van der Waals surface area contributed by atoms with E-state index < -0.39 is 15.9 Å².